The highest BCUT2D eigenvalue weighted by Gasteiger charge is 2.26. The number of hydrogen-bond acceptors (Lipinski definition) is 4. The molecule has 0 spiro atoms. The van der Waals surface area contributed by atoms with Crippen LogP contribution in [0, 0.1) is 20.8 Å². The minimum atomic E-state index is -3.89. The molecule has 0 atom stereocenters. The zero-order valence-electron chi connectivity index (χ0n) is 11.5. The predicted molar refractivity (Wildman–Crippen MR) is 75.9 cm³/mol. The van der Waals surface area contributed by atoms with E-state index in [4.69, 9.17) is 0 Å². The maximum absolute atomic E-state index is 12.7. The lowest BCUT2D eigenvalue weighted by Crippen LogP contribution is -2.07. The number of hydrogen-bond donors (Lipinski definition) is 2. The van der Waals surface area contributed by atoms with Crippen LogP contribution in [0.5, 0.6) is 11.5 Å². The molecule has 0 saturated heterocycles. The average Bonchev–Trinajstić information content (AvgIpc) is 2.37. The standard InChI is InChI=1S/C15H16O4S/c1-9-7-8-13(17)15(10(9)2)20(18,19)14-6-4-5-12(16)11(14)3/h4-8,16-17H,1-3H3. The van der Waals surface area contributed by atoms with Crippen molar-refractivity contribution in [1.29, 1.82) is 0 Å². The van der Waals surface area contributed by atoms with Gasteiger partial charge in [0.15, 0.2) is 0 Å². The lowest BCUT2D eigenvalue weighted by Gasteiger charge is -2.14. The molecule has 0 amide bonds. The van der Waals surface area contributed by atoms with Crippen LogP contribution < -0.4 is 0 Å². The molecule has 0 aliphatic rings. The third-order valence-electron chi connectivity index (χ3n) is 3.47. The zero-order chi connectivity index (χ0) is 15.1. The van der Waals surface area contributed by atoms with E-state index in [1.807, 2.05) is 0 Å². The summed E-state index contributed by atoms with van der Waals surface area (Å²) < 4.78 is 25.5. The summed E-state index contributed by atoms with van der Waals surface area (Å²) >= 11 is 0. The molecule has 0 heterocycles. The number of sulfone groups is 1. The summed E-state index contributed by atoms with van der Waals surface area (Å²) in [6.45, 7) is 4.97. The number of aryl methyl sites for hydroxylation is 1. The van der Waals surface area contributed by atoms with Crippen molar-refractivity contribution in [2.75, 3.05) is 0 Å². The van der Waals surface area contributed by atoms with Crippen molar-refractivity contribution in [3.63, 3.8) is 0 Å². The van der Waals surface area contributed by atoms with E-state index in [9.17, 15) is 18.6 Å². The summed E-state index contributed by atoms with van der Waals surface area (Å²) in [5.41, 5.74) is 1.56. The molecule has 0 aliphatic heterocycles. The Morgan fingerprint density at radius 3 is 2.15 bits per heavy atom. The molecule has 2 N–H and O–H groups in total. The molecule has 20 heavy (non-hydrogen) atoms. The van der Waals surface area contributed by atoms with Crippen molar-refractivity contribution < 1.29 is 18.6 Å². The molecule has 4 nitrogen and oxygen atoms in total. The van der Waals surface area contributed by atoms with Crippen molar-refractivity contribution in [2.45, 2.75) is 30.6 Å². The maximum atomic E-state index is 12.7. The molecule has 0 aromatic heterocycles. The van der Waals surface area contributed by atoms with Crippen molar-refractivity contribution >= 4 is 9.84 Å². The number of phenols is 2. The normalized spacial score (nSPS) is 11.6. The zero-order valence-corrected chi connectivity index (χ0v) is 12.3. The van der Waals surface area contributed by atoms with E-state index >= 15 is 0 Å². The van der Waals surface area contributed by atoms with Crippen LogP contribution in [0.25, 0.3) is 0 Å². The summed E-state index contributed by atoms with van der Waals surface area (Å²) in [6.07, 6.45) is 0. The Hall–Kier alpha value is -2.01. The molecule has 2 aromatic rings. The van der Waals surface area contributed by atoms with E-state index in [-0.39, 0.29) is 26.9 Å². The van der Waals surface area contributed by atoms with Crippen LogP contribution in [0.3, 0.4) is 0 Å². The molecule has 2 rings (SSSR count). The molecular formula is C15H16O4S. The van der Waals surface area contributed by atoms with E-state index < -0.39 is 9.84 Å². The molecular weight excluding hydrogens is 276 g/mol. The van der Waals surface area contributed by atoms with E-state index in [0.717, 1.165) is 5.56 Å². The molecule has 0 fully saturated rings. The molecule has 5 heteroatoms. The van der Waals surface area contributed by atoms with Gasteiger partial charge < -0.3 is 10.2 Å². The van der Waals surface area contributed by atoms with Gasteiger partial charge in [-0.25, -0.2) is 8.42 Å². The first-order valence-corrected chi connectivity index (χ1v) is 7.58. The molecule has 0 unspecified atom stereocenters. The van der Waals surface area contributed by atoms with Crippen LogP contribution >= 0.6 is 0 Å². The second-order valence-electron chi connectivity index (χ2n) is 4.76. The van der Waals surface area contributed by atoms with Gasteiger partial charge in [0.1, 0.15) is 16.4 Å². The van der Waals surface area contributed by atoms with Gasteiger partial charge in [0.2, 0.25) is 9.84 Å². The van der Waals surface area contributed by atoms with Crippen molar-refractivity contribution in [1.82, 2.24) is 0 Å². The van der Waals surface area contributed by atoms with Crippen LogP contribution in [-0.2, 0) is 9.84 Å². The second kappa shape index (κ2) is 4.83. The van der Waals surface area contributed by atoms with Crippen molar-refractivity contribution in [3.05, 3.63) is 47.0 Å². The quantitative estimate of drug-likeness (QED) is 0.892. The van der Waals surface area contributed by atoms with E-state index in [1.165, 1.54) is 31.2 Å². The lowest BCUT2D eigenvalue weighted by molar-refractivity contribution is 0.456. The van der Waals surface area contributed by atoms with Gasteiger partial charge in [-0.1, -0.05) is 12.1 Å². The Balaban J connectivity index is 2.81. The third kappa shape index (κ3) is 2.14. The largest absolute Gasteiger partial charge is 0.508 e. The van der Waals surface area contributed by atoms with Gasteiger partial charge in [-0.2, -0.15) is 0 Å². The van der Waals surface area contributed by atoms with Gasteiger partial charge in [0.25, 0.3) is 0 Å². The van der Waals surface area contributed by atoms with Gasteiger partial charge in [-0.15, -0.1) is 0 Å². The smallest absolute Gasteiger partial charge is 0.210 e. The monoisotopic (exact) mass is 292 g/mol. The molecule has 0 bridgehead atoms. The Morgan fingerprint density at radius 1 is 0.850 bits per heavy atom. The fraction of sp³-hybridized carbons (Fsp3) is 0.200. The summed E-state index contributed by atoms with van der Waals surface area (Å²) in [6, 6.07) is 7.35. The number of rotatable bonds is 2. The Bertz CT molecular complexity index is 777. The maximum Gasteiger partial charge on any atom is 0.210 e. The Kier molecular flexibility index (Phi) is 3.48. The molecule has 0 radical (unpaired) electrons. The van der Waals surface area contributed by atoms with Crippen LogP contribution in [0.1, 0.15) is 16.7 Å². The van der Waals surface area contributed by atoms with Gasteiger partial charge >= 0.3 is 0 Å². The molecule has 0 aliphatic carbocycles. The van der Waals surface area contributed by atoms with E-state index in [2.05, 4.69) is 0 Å². The summed E-state index contributed by atoms with van der Waals surface area (Å²) in [4.78, 5) is -0.104. The minimum Gasteiger partial charge on any atom is -0.508 e. The van der Waals surface area contributed by atoms with Crippen molar-refractivity contribution in [3.8, 4) is 11.5 Å². The number of phenolic OH excluding ortho intramolecular Hbond substituents is 2. The van der Waals surface area contributed by atoms with Crippen LogP contribution in [0.4, 0.5) is 0 Å². The highest BCUT2D eigenvalue weighted by atomic mass is 32.2. The summed E-state index contributed by atoms with van der Waals surface area (Å²) in [7, 11) is -3.89. The Labute approximate surface area is 118 Å². The van der Waals surface area contributed by atoms with Gasteiger partial charge in [-0.05, 0) is 50.1 Å². The second-order valence-corrected chi connectivity index (χ2v) is 6.61. The Morgan fingerprint density at radius 2 is 1.50 bits per heavy atom. The van der Waals surface area contributed by atoms with Crippen LogP contribution in [0.15, 0.2) is 40.1 Å². The average molecular weight is 292 g/mol. The summed E-state index contributed by atoms with van der Waals surface area (Å²) in [5, 5.41) is 19.6. The topological polar surface area (TPSA) is 74.6 Å². The number of benzene rings is 2. The first kappa shape index (κ1) is 14.4. The van der Waals surface area contributed by atoms with Gasteiger partial charge in [-0.3, -0.25) is 0 Å². The molecule has 2 aromatic carbocycles. The third-order valence-corrected chi connectivity index (χ3v) is 5.54. The van der Waals surface area contributed by atoms with Crippen molar-refractivity contribution in [2.24, 2.45) is 0 Å². The summed E-state index contributed by atoms with van der Waals surface area (Å²) in [5.74, 6) is -0.369. The van der Waals surface area contributed by atoms with E-state index in [1.54, 1.807) is 19.9 Å². The highest BCUT2D eigenvalue weighted by Crippen LogP contribution is 2.35. The fourth-order valence-electron chi connectivity index (χ4n) is 2.12. The molecule has 0 saturated carbocycles. The lowest BCUT2D eigenvalue weighted by atomic mass is 10.1. The SMILES string of the molecule is Cc1ccc(O)c(S(=O)(=O)c2cccc(O)c2C)c1C. The van der Waals surface area contributed by atoms with Crippen LogP contribution in [-0.4, -0.2) is 18.6 Å². The highest BCUT2D eigenvalue weighted by molar-refractivity contribution is 7.91. The minimum absolute atomic E-state index is 0.00139. The molecule has 106 valence electrons. The number of aromatic hydroxyl groups is 2. The first-order valence-electron chi connectivity index (χ1n) is 6.09. The van der Waals surface area contributed by atoms with Gasteiger partial charge in [0, 0.05) is 5.56 Å². The van der Waals surface area contributed by atoms with Crippen LogP contribution in [0.2, 0.25) is 0 Å². The van der Waals surface area contributed by atoms with Gasteiger partial charge in [0.05, 0.1) is 4.90 Å². The fourth-order valence-corrected chi connectivity index (χ4v) is 4.01. The predicted octanol–water partition coefficient (Wildman–Crippen LogP) is 2.86. The first-order chi connectivity index (χ1) is 9.26. The van der Waals surface area contributed by atoms with E-state index in [0.29, 0.717) is 5.56 Å².